The fourth-order valence-corrected chi connectivity index (χ4v) is 6.54. The highest BCUT2D eigenvalue weighted by Gasteiger charge is 2.63. The number of fused-ring (bicyclic) bond motifs is 1. The van der Waals surface area contributed by atoms with Crippen LogP contribution in [0.5, 0.6) is 0 Å². The predicted molar refractivity (Wildman–Crippen MR) is 87.4 cm³/mol. The third kappa shape index (κ3) is 2.39. The van der Waals surface area contributed by atoms with Gasteiger partial charge in [-0.1, -0.05) is 42.5 Å². The molecule has 0 aliphatic carbocycles. The second kappa shape index (κ2) is 5.14. The first-order valence-electron chi connectivity index (χ1n) is 7.74. The number of nitrogens with zero attached hydrogens (tertiary/aromatic N) is 1. The lowest BCUT2D eigenvalue weighted by Gasteiger charge is -2.43. The Labute approximate surface area is 135 Å². The minimum atomic E-state index is -3.04. The molecule has 0 saturated carbocycles. The molecule has 0 bridgehead atoms. The van der Waals surface area contributed by atoms with Gasteiger partial charge in [0.2, 0.25) is 0 Å². The molecule has 0 radical (unpaired) electrons. The number of halogens is 1. The van der Waals surface area contributed by atoms with Gasteiger partial charge in [0.25, 0.3) is 0 Å². The van der Waals surface area contributed by atoms with Gasteiger partial charge in [0, 0.05) is 25.0 Å². The van der Waals surface area contributed by atoms with E-state index in [0.717, 1.165) is 12.1 Å². The number of sulfone groups is 1. The molecule has 2 atom stereocenters. The molecule has 2 aromatic carbocycles. The molecule has 0 N–H and O–H groups in total. The minimum Gasteiger partial charge on any atom is -0.297 e. The van der Waals surface area contributed by atoms with Crippen molar-refractivity contribution in [2.75, 3.05) is 18.8 Å². The summed E-state index contributed by atoms with van der Waals surface area (Å²) < 4.78 is 37.7. The lowest BCUT2D eigenvalue weighted by molar-refractivity contribution is 0.309. The van der Waals surface area contributed by atoms with Gasteiger partial charge in [-0.05, 0) is 23.3 Å². The van der Waals surface area contributed by atoms with Crippen molar-refractivity contribution in [3.63, 3.8) is 0 Å². The molecule has 0 spiro atoms. The van der Waals surface area contributed by atoms with Crippen LogP contribution in [0.2, 0.25) is 0 Å². The third-order valence-electron chi connectivity index (χ3n) is 5.11. The van der Waals surface area contributed by atoms with Crippen LogP contribution in [-0.2, 0) is 21.8 Å². The van der Waals surface area contributed by atoms with E-state index in [4.69, 9.17) is 0 Å². The molecule has 4 rings (SSSR count). The number of likely N-dealkylation sites (tertiary alicyclic amines) is 1. The number of benzene rings is 2. The van der Waals surface area contributed by atoms with Crippen molar-refractivity contribution in [3.8, 4) is 0 Å². The average molecular weight is 331 g/mol. The zero-order valence-electron chi connectivity index (χ0n) is 12.7. The van der Waals surface area contributed by atoms with Crippen molar-refractivity contribution >= 4 is 9.84 Å². The van der Waals surface area contributed by atoms with Crippen LogP contribution >= 0.6 is 0 Å². The van der Waals surface area contributed by atoms with E-state index in [1.807, 2.05) is 18.2 Å². The molecule has 3 nitrogen and oxygen atoms in total. The van der Waals surface area contributed by atoms with E-state index in [2.05, 4.69) is 17.0 Å². The van der Waals surface area contributed by atoms with E-state index in [0.29, 0.717) is 13.1 Å². The van der Waals surface area contributed by atoms with Crippen molar-refractivity contribution in [3.05, 3.63) is 71.5 Å². The molecule has 5 heteroatoms. The van der Waals surface area contributed by atoms with Crippen molar-refractivity contribution in [2.45, 2.75) is 17.2 Å². The highest BCUT2D eigenvalue weighted by molar-refractivity contribution is 7.93. The van der Waals surface area contributed by atoms with Gasteiger partial charge in [-0.2, -0.15) is 0 Å². The Morgan fingerprint density at radius 2 is 1.78 bits per heavy atom. The Hall–Kier alpha value is -1.72. The molecule has 2 aromatic rings. The predicted octanol–water partition coefficient (Wildman–Crippen LogP) is 2.38. The Kier molecular flexibility index (Phi) is 3.32. The molecule has 2 fully saturated rings. The highest BCUT2D eigenvalue weighted by atomic mass is 32.2. The average Bonchev–Trinajstić information content (AvgIpc) is 2.84. The summed E-state index contributed by atoms with van der Waals surface area (Å²) in [6.45, 7) is 2.00. The van der Waals surface area contributed by atoms with Crippen LogP contribution in [-0.4, -0.2) is 37.4 Å². The molecule has 0 unspecified atom stereocenters. The molecular formula is C18H18FNO2S. The molecule has 2 heterocycles. The first-order valence-corrected chi connectivity index (χ1v) is 9.45. The number of hydrogen-bond acceptors (Lipinski definition) is 3. The van der Waals surface area contributed by atoms with Gasteiger partial charge >= 0.3 is 0 Å². The van der Waals surface area contributed by atoms with Crippen LogP contribution in [0.3, 0.4) is 0 Å². The van der Waals surface area contributed by atoms with Crippen LogP contribution in [0, 0.1) is 5.82 Å². The Bertz CT molecular complexity index is 820. The monoisotopic (exact) mass is 331 g/mol. The maximum absolute atomic E-state index is 13.2. The summed E-state index contributed by atoms with van der Waals surface area (Å²) >= 11 is 0. The maximum atomic E-state index is 13.2. The summed E-state index contributed by atoms with van der Waals surface area (Å²) in [6.07, 6.45) is 0. The van der Waals surface area contributed by atoms with Gasteiger partial charge in [0.1, 0.15) is 5.82 Å². The molecule has 2 saturated heterocycles. The Morgan fingerprint density at radius 3 is 2.43 bits per heavy atom. The topological polar surface area (TPSA) is 37.4 Å². The lowest BCUT2D eigenvalue weighted by atomic mass is 9.80. The zero-order chi connectivity index (χ0) is 16.1. The van der Waals surface area contributed by atoms with Gasteiger partial charge in [-0.25, -0.2) is 12.8 Å². The molecule has 0 aromatic heterocycles. The van der Waals surface area contributed by atoms with Gasteiger partial charge in [-0.15, -0.1) is 0 Å². The summed E-state index contributed by atoms with van der Waals surface area (Å²) in [5.74, 6) is -0.121. The van der Waals surface area contributed by atoms with Crippen LogP contribution < -0.4 is 0 Å². The second-order valence-electron chi connectivity index (χ2n) is 6.61. The lowest BCUT2D eigenvalue weighted by Crippen LogP contribution is -2.59. The van der Waals surface area contributed by atoms with Crippen LogP contribution in [0.25, 0.3) is 0 Å². The first-order chi connectivity index (χ1) is 11.0. The largest absolute Gasteiger partial charge is 0.297 e. The zero-order valence-corrected chi connectivity index (χ0v) is 13.5. The van der Waals surface area contributed by atoms with Crippen LogP contribution in [0.15, 0.2) is 54.6 Å². The quantitative estimate of drug-likeness (QED) is 0.867. The maximum Gasteiger partial charge on any atom is 0.156 e. The molecule has 0 amide bonds. The van der Waals surface area contributed by atoms with Gasteiger partial charge in [0.15, 0.2) is 9.84 Å². The highest BCUT2D eigenvalue weighted by Crippen LogP contribution is 2.48. The normalized spacial score (nSPS) is 29.0. The smallest absolute Gasteiger partial charge is 0.156 e. The van der Waals surface area contributed by atoms with Gasteiger partial charge < -0.3 is 0 Å². The van der Waals surface area contributed by atoms with E-state index in [-0.39, 0.29) is 22.2 Å². The van der Waals surface area contributed by atoms with Crippen molar-refractivity contribution in [1.82, 2.24) is 4.90 Å². The van der Waals surface area contributed by atoms with E-state index in [1.54, 1.807) is 12.1 Å². The third-order valence-corrected chi connectivity index (χ3v) is 7.49. The molecule has 2 aliphatic heterocycles. The number of rotatable bonds is 3. The molecule has 120 valence electrons. The van der Waals surface area contributed by atoms with Crippen molar-refractivity contribution in [1.29, 1.82) is 0 Å². The van der Waals surface area contributed by atoms with E-state index in [1.165, 1.54) is 17.7 Å². The summed E-state index contributed by atoms with van der Waals surface area (Å²) in [4.78, 5) is 2.20. The first kappa shape index (κ1) is 14.8. The SMILES string of the molecule is O=S1(=O)C[C@]2(c3ccc(F)cc3)CN(Cc3ccccc3)C[C@@H]21. The Balaban J connectivity index is 1.63. The fraction of sp³-hybridized carbons (Fsp3) is 0.333. The Morgan fingerprint density at radius 1 is 1.09 bits per heavy atom. The second-order valence-corrected chi connectivity index (χ2v) is 8.80. The molecular weight excluding hydrogens is 313 g/mol. The molecule has 2 aliphatic rings. The van der Waals surface area contributed by atoms with Crippen LogP contribution in [0.4, 0.5) is 4.39 Å². The molecule has 23 heavy (non-hydrogen) atoms. The summed E-state index contributed by atoms with van der Waals surface area (Å²) in [6, 6.07) is 16.4. The minimum absolute atomic E-state index is 0.168. The van der Waals surface area contributed by atoms with E-state index in [9.17, 15) is 12.8 Å². The van der Waals surface area contributed by atoms with Crippen molar-refractivity contribution in [2.24, 2.45) is 0 Å². The van der Waals surface area contributed by atoms with Gasteiger partial charge in [-0.3, -0.25) is 4.90 Å². The van der Waals surface area contributed by atoms with Gasteiger partial charge in [0.05, 0.1) is 11.0 Å². The summed E-state index contributed by atoms with van der Waals surface area (Å²) in [5.41, 5.74) is 1.75. The van der Waals surface area contributed by atoms with E-state index >= 15 is 0 Å². The summed E-state index contributed by atoms with van der Waals surface area (Å²) in [5, 5.41) is -0.371. The van der Waals surface area contributed by atoms with E-state index < -0.39 is 9.84 Å². The van der Waals surface area contributed by atoms with Crippen molar-refractivity contribution < 1.29 is 12.8 Å². The standard InChI is InChI=1S/C18H18FNO2S/c19-16-8-6-15(7-9-16)18-12-20(10-14-4-2-1-3-5-14)11-17(18)23(21,22)13-18/h1-9,17H,10-13H2/t17-,18-/m0/s1. The fourth-order valence-electron chi connectivity index (χ4n) is 4.04. The summed E-state index contributed by atoms with van der Waals surface area (Å²) in [7, 11) is -3.04. The number of hydrogen-bond donors (Lipinski definition) is 0. The van der Waals surface area contributed by atoms with Crippen LogP contribution in [0.1, 0.15) is 11.1 Å².